The Bertz CT molecular complexity index is 415. The first-order valence-electron chi connectivity index (χ1n) is 6.18. The topological polar surface area (TPSA) is 143 Å². The third-order valence-electron chi connectivity index (χ3n) is 2.73. The molecule has 11 heteroatoms. The van der Waals surface area contributed by atoms with E-state index in [-0.39, 0.29) is 6.61 Å². The maximum absolute atomic E-state index is 10.3. The van der Waals surface area contributed by atoms with Crippen LogP contribution in [0, 0.1) is 0 Å². The summed E-state index contributed by atoms with van der Waals surface area (Å²) < 4.78 is 43.5. The fraction of sp³-hybridized carbons (Fsp3) is 1.00. The van der Waals surface area contributed by atoms with Crippen LogP contribution in [-0.2, 0) is 24.1 Å². The number of hydrogen-bond donors (Lipinski definition) is 4. The molecule has 1 aliphatic heterocycles. The molecule has 1 heterocycles. The second-order valence-electron chi connectivity index (χ2n) is 4.99. The molecule has 1 fully saturated rings. The Morgan fingerprint density at radius 2 is 1.86 bits per heavy atom. The summed E-state index contributed by atoms with van der Waals surface area (Å²) in [6, 6.07) is 0. The Morgan fingerprint density at radius 1 is 1.24 bits per heavy atom. The molecule has 9 nitrogen and oxygen atoms in total. The fourth-order valence-corrected chi connectivity index (χ4v) is 4.25. The summed E-state index contributed by atoms with van der Waals surface area (Å²) >= 11 is -1.07. The second-order valence-corrected chi connectivity index (χ2v) is 11.4. The molecule has 0 amide bonds. The van der Waals surface area contributed by atoms with Gasteiger partial charge in [0.25, 0.3) is 0 Å². The van der Waals surface area contributed by atoms with E-state index < -0.39 is 62.4 Å². The molecule has 1 saturated heterocycles. The Morgan fingerprint density at radius 3 is 2.38 bits per heavy atom. The van der Waals surface area contributed by atoms with Gasteiger partial charge in [-0.2, -0.15) is 0 Å². The van der Waals surface area contributed by atoms with E-state index in [0.717, 1.165) is 0 Å². The molecule has 0 bridgehead atoms. The predicted molar refractivity (Wildman–Crippen MR) is 72.4 cm³/mol. The van der Waals surface area contributed by atoms with Gasteiger partial charge in [0.2, 0.25) is 0 Å². The molecule has 4 N–H and O–H groups in total. The van der Waals surface area contributed by atoms with Gasteiger partial charge in [0, 0.05) is 0 Å². The minimum absolute atomic E-state index is 0.379. The van der Waals surface area contributed by atoms with Gasteiger partial charge in [0.15, 0.2) is 0 Å². The van der Waals surface area contributed by atoms with E-state index in [4.69, 9.17) is 14.0 Å². The van der Waals surface area contributed by atoms with E-state index in [1.807, 2.05) is 0 Å². The van der Waals surface area contributed by atoms with Crippen molar-refractivity contribution in [3.05, 3.63) is 0 Å². The van der Waals surface area contributed by atoms with Gasteiger partial charge in [-0.15, -0.1) is 0 Å². The molecule has 0 saturated carbocycles. The summed E-state index contributed by atoms with van der Waals surface area (Å²) in [5.41, 5.74) is 4.17. The third kappa shape index (κ3) is 6.89. The van der Waals surface area contributed by atoms with Crippen LogP contribution < -0.4 is 0 Å². The van der Waals surface area contributed by atoms with Gasteiger partial charge < -0.3 is 0 Å². The first-order chi connectivity index (χ1) is 9.60. The number of aliphatic hydroxyl groups excluding tert-OH is 3. The van der Waals surface area contributed by atoms with Gasteiger partial charge in [0.05, 0.1) is 0 Å². The third-order valence-corrected chi connectivity index (χ3v) is 5.45. The van der Waals surface area contributed by atoms with Gasteiger partial charge in [-0.1, -0.05) is 0 Å². The zero-order chi connectivity index (χ0) is 16.2. The summed E-state index contributed by atoms with van der Waals surface area (Å²) in [5.74, 6) is 0. The van der Waals surface area contributed by atoms with Crippen molar-refractivity contribution in [2.24, 2.45) is 0 Å². The van der Waals surface area contributed by atoms with Gasteiger partial charge in [-0.25, -0.2) is 0 Å². The van der Waals surface area contributed by atoms with Crippen LogP contribution in [0.25, 0.3) is 0 Å². The van der Waals surface area contributed by atoms with Gasteiger partial charge in [0.1, 0.15) is 0 Å². The quantitative estimate of drug-likeness (QED) is 0.283. The van der Waals surface area contributed by atoms with Gasteiger partial charge in [-0.3, -0.25) is 0 Å². The molecule has 1 unspecified atom stereocenters. The Kier molecular flexibility index (Phi) is 7.51. The molecule has 0 spiro atoms. The zero-order valence-corrected chi connectivity index (χ0v) is 14.4. The number of ether oxygens (including phenoxy) is 2. The zero-order valence-electron chi connectivity index (χ0n) is 11.7. The summed E-state index contributed by atoms with van der Waals surface area (Å²) in [6.07, 6.45) is -5.24. The molecule has 5 atom stereocenters. The molecule has 0 aromatic rings. The van der Waals surface area contributed by atoms with E-state index >= 15 is 0 Å². The average molecular weight is 392 g/mol. The minimum atomic E-state index is -4.63. The molecule has 0 radical (unpaired) electrons. The van der Waals surface area contributed by atoms with Crippen LogP contribution in [0.4, 0.5) is 0 Å². The molecule has 0 aliphatic carbocycles. The normalized spacial score (nSPS) is 31.8. The van der Waals surface area contributed by atoms with Crippen molar-refractivity contribution < 1.29 is 41.9 Å². The molecule has 0 aromatic carbocycles. The molecule has 1 aliphatic rings. The van der Waals surface area contributed by atoms with E-state index in [0.29, 0.717) is 5.21 Å². The van der Waals surface area contributed by atoms with Crippen molar-refractivity contribution in [1.82, 2.24) is 0 Å². The first-order valence-corrected chi connectivity index (χ1v) is 12.6. The van der Waals surface area contributed by atoms with Crippen molar-refractivity contribution in [1.29, 1.82) is 0 Å². The summed E-state index contributed by atoms with van der Waals surface area (Å²) in [6.45, 7) is -1.07. The van der Waals surface area contributed by atoms with Gasteiger partial charge >= 0.3 is 128 Å². The van der Waals surface area contributed by atoms with E-state index in [1.165, 1.54) is 0 Å². The van der Waals surface area contributed by atoms with Crippen LogP contribution in [-0.4, -0.2) is 86.9 Å². The molecule has 1 rings (SSSR count). The number of rotatable bonds is 8. The van der Waals surface area contributed by atoms with E-state index in [2.05, 4.69) is 15.6 Å². The van der Waals surface area contributed by atoms with Crippen molar-refractivity contribution in [3.63, 3.8) is 0 Å². The van der Waals surface area contributed by atoms with E-state index in [9.17, 15) is 23.7 Å². The monoisotopic (exact) mass is 392 g/mol. The van der Waals surface area contributed by atoms with Crippen LogP contribution in [0.15, 0.2) is 0 Å². The molecule has 126 valence electrons. The van der Waals surface area contributed by atoms with Crippen molar-refractivity contribution >= 4 is 25.1 Å². The van der Waals surface area contributed by atoms with E-state index in [1.54, 1.807) is 0 Å². The summed E-state index contributed by atoms with van der Waals surface area (Å²) in [4.78, 5) is 0. The van der Waals surface area contributed by atoms with Crippen LogP contribution in [0.3, 0.4) is 0 Å². The maximum atomic E-state index is 10.3. The molecular formula is C10H21AsO9S. The Balaban J connectivity index is 2.38. The first kappa shape index (κ1) is 19.3. The SMILES string of the molecule is C[As](C)C[C@H]1O[C@@H](OCC(O)COS(=O)(=O)O)[C@H](O)[C@@H]1O. The second kappa shape index (κ2) is 8.19. The summed E-state index contributed by atoms with van der Waals surface area (Å²) in [5, 5.41) is 29.7. The van der Waals surface area contributed by atoms with Crippen molar-refractivity contribution in [3.8, 4) is 0 Å². The van der Waals surface area contributed by atoms with Crippen LogP contribution in [0.5, 0.6) is 0 Å². The van der Waals surface area contributed by atoms with Crippen molar-refractivity contribution in [2.75, 3.05) is 13.2 Å². The molecule has 0 aromatic heterocycles. The average Bonchev–Trinajstić information content (AvgIpc) is 2.60. The van der Waals surface area contributed by atoms with Crippen LogP contribution in [0.1, 0.15) is 0 Å². The number of aliphatic hydroxyl groups is 3. The predicted octanol–water partition coefficient (Wildman–Crippen LogP) is -1.62. The molecular weight excluding hydrogens is 371 g/mol. The van der Waals surface area contributed by atoms with Crippen molar-refractivity contribution in [2.45, 2.75) is 47.3 Å². The van der Waals surface area contributed by atoms with Crippen LogP contribution >= 0.6 is 0 Å². The van der Waals surface area contributed by atoms with Gasteiger partial charge in [-0.05, 0) is 0 Å². The number of hydrogen-bond acceptors (Lipinski definition) is 8. The van der Waals surface area contributed by atoms with Crippen LogP contribution in [0.2, 0.25) is 16.6 Å². The Hall–Kier alpha value is 0.228. The molecule has 21 heavy (non-hydrogen) atoms. The fourth-order valence-electron chi connectivity index (χ4n) is 1.78. The Labute approximate surface area is 128 Å². The summed E-state index contributed by atoms with van der Waals surface area (Å²) in [7, 11) is -4.63. The standard InChI is InChI=1S/C10H21AsO9S/c1-11(2)3-7-8(13)9(14)10(20-7)18-4-6(12)5-19-21(15,16)17/h6-10,12-14H,3-5H2,1-2H3,(H,15,16,17)/t6?,7-,8-,9-,10-/m1/s1.